The zero-order valence-corrected chi connectivity index (χ0v) is 12.1. The number of carboxylic acids is 1. The lowest BCUT2D eigenvalue weighted by Gasteiger charge is -2.07. The first kappa shape index (κ1) is 14.2. The van der Waals surface area contributed by atoms with E-state index in [4.69, 9.17) is 0 Å². The first-order valence-electron chi connectivity index (χ1n) is 6.64. The first-order chi connectivity index (χ1) is 9.47. The summed E-state index contributed by atoms with van der Waals surface area (Å²) in [5, 5.41) is 13.8. The lowest BCUT2D eigenvalue weighted by atomic mass is 10.1. The maximum atomic E-state index is 11.5. The molecule has 0 radical (unpaired) electrons. The molecule has 0 aliphatic rings. The highest BCUT2D eigenvalue weighted by Gasteiger charge is 2.22. The van der Waals surface area contributed by atoms with Crippen molar-refractivity contribution in [1.82, 2.24) is 19.7 Å². The van der Waals surface area contributed by atoms with Gasteiger partial charge in [0.1, 0.15) is 11.4 Å². The van der Waals surface area contributed by atoms with E-state index in [9.17, 15) is 9.90 Å². The molecule has 2 heterocycles. The molecule has 0 saturated heterocycles. The Morgan fingerprint density at radius 3 is 2.45 bits per heavy atom. The van der Waals surface area contributed by atoms with Crippen LogP contribution in [0.5, 0.6) is 0 Å². The van der Waals surface area contributed by atoms with E-state index in [-0.39, 0.29) is 0 Å². The highest BCUT2D eigenvalue weighted by Crippen LogP contribution is 2.20. The zero-order valence-electron chi connectivity index (χ0n) is 12.1. The number of carboxylic acid groups (broad SMARTS) is 1. The molecule has 0 aliphatic heterocycles. The second-order valence-corrected chi connectivity index (χ2v) is 4.61. The van der Waals surface area contributed by atoms with Gasteiger partial charge < -0.3 is 5.11 Å². The normalized spacial score (nSPS) is 10.8. The van der Waals surface area contributed by atoms with E-state index in [2.05, 4.69) is 15.1 Å². The molecule has 20 heavy (non-hydrogen) atoms. The Hall–Kier alpha value is -2.24. The van der Waals surface area contributed by atoms with E-state index in [1.165, 1.54) is 0 Å². The van der Waals surface area contributed by atoms with Crippen LogP contribution < -0.4 is 0 Å². The number of carbonyl (C=O) groups is 1. The third-order valence-corrected chi connectivity index (χ3v) is 3.11. The molecule has 0 amide bonds. The Labute approximate surface area is 117 Å². The minimum Gasteiger partial charge on any atom is -0.478 e. The van der Waals surface area contributed by atoms with Crippen molar-refractivity contribution in [3.05, 3.63) is 34.5 Å². The minimum atomic E-state index is -0.938. The van der Waals surface area contributed by atoms with Crippen LogP contribution in [0.3, 0.4) is 0 Å². The van der Waals surface area contributed by atoms with Crippen LogP contribution in [-0.2, 0) is 12.8 Å². The lowest BCUT2D eigenvalue weighted by molar-refractivity contribution is 0.0694. The average Bonchev–Trinajstić information content (AvgIpc) is 2.76. The molecule has 0 aliphatic carbocycles. The van der Waals surface area contributed by atoms with Gasteiger partial charge in [-0.1, -0.05) is 13.8 Å². The van der Waals surface area contributed by atoms with E-state index < -0.39 is 5.97 Å². The van der Waals surface area contributed by atoms with Gasteiger partial charge in [0.05, 0.1) is 11.4 Å². The summed E-state index contributed by atoms with van der Waals surface area (Å²) in [6, 6.07) is 1.81. The molecule has 0 aromatic carbocycles. The molecule has 106 valence electrons. The Morgan fingerprint density at radius 2 is 1.95 bits per heavy atom. The number of aryl methyl sites for hydroxylation is 3. The molecule has 6 heteroatoms. The van der Waals surface area contributed by atoms with Gasteiger partial charge in [-0.3, -0.25) is 0 Å². The third kappa shape index (κ3) is 2.41. The van der Waals surface area contributed by atoms with Crippen molar-refractivity contribution in [2.45, 2.75) is 40.5 Å². The molecule has 0 spiro atoms. The predicted octanol–water partition coefficient (Wildman–Crippen LogP) is 2.10. The van der Waals surface area contributed by atoms with Crippen LogP contribution >= 0.6 is 0 Å². The van der Waals surface area contributed by atoms with Gasteiger partial charge in [-0.05, 0) is 26.7 Å². The van der Waals surface area contributed by atoms with Crippen molar-refractivity contribution in [2.24, 2.45) is 0 Å². The monoisotopic (exact) mass is 274 g/mol. The maximum absolute atomic E-state index is 11.5. The van der Waals surface area contributed by atoms with Crippen molar-refractivity contribution < 1.29 is 9.90 Å². The smallest absolute Gasteiger partial charge is 0.339 e. The number of nitrogens with zero attached hydrogens (tertiary/aromatic N) is 4. The number of aromatic carboxylic acids is 1. The zero-order chi connectivity index (χ0) is 14.9. The molecule has 2 aromatic rings. The molecule has 2 aromatic heterocycles. The van der Waals surface area contributed by atoms with Gasteiger partial charge in [0.15, 0.2) is 5.82 Å². The molecular weight excluding hydrogens is 256 g/mol. The third-order valence-electron chi connectivity index (χ3n) is 3.11. The first-order valence-corrected chi connectivity index (χ1v) is 6.64. The van der Waals surface area contributed by atoms with E-state index in [0.717, 1.165) is 5.69 Å². The van der Waals surface area contributed by atoms with Gasteiger partial charge in [-0.25, -0.2) is 19.4 Å². The molecule has 2 rings (SSSR count). The molecular formula is C14H18N4O2. The molecule has 0 saturated carbocycles. The van der Waals surface area contributed by atoms with Crippen molar-refractivity contribution in [3.8, 4) is 5.82 Å². The van der Waals surface area contributed by atoms with E-state index in [0.29, 0.717) is 41.4 Å². The molecule has 0 atom stereocenters. The maximum Gasteiger partial charge on any atom is 0.339 e. The second kappa shape index (κ2) is 5.40. The molecule has 0 bridgehead atoms. The average molecular weight is 274 g/mol. The molecule has 0 fully saturated rings. The quantitative estimate of drug-likeness (QED) is 0.923. The van der Waals surface area contributed by atoms with Crippen LogP contribution in [0.25, 0.3) is 5.82 Å². The van der Waals surface area contributed by atoms with E-state index in [1.807, 2.05) is 33.8 Å². The molecule has 0 unspecified atom stereocenters. The van der Waals surface area contributed by atoms with Crippen molar-refractivity contribution in [2.75, 3.05) is 0 Å². The Morgan fingerprint density at radius 1 is 1.25 bits per heavy atom. The standard InChI is InChI=1S/C14H18N4O2/c1-5-10-13(14(19)20)11(6-2)18(17-10)12-7-8(3)15-9(4)16-12/h7H,5-6H2,1-4H3,(H,19,20). The largest absolute Gasteiger partial charge is 0.478 e. The lowest BCUT2D eigenvalue weighted by Crippen LogP contribution is -2.08. The minimum absolute atomic E-state index is 0.295. The van der Waals surface area contributed by atoms with Gasteiger partial charge in [0.2, 0.25) is 0 Å². The van der Waals surface area contributed by atoms with Crippen molar-refractivity contribution in [1.29, 1.82) is 0 Å². The van der Waals surface area contributed by atoms with Gasteiger partial charge >= 0.3 is 5.97 Å². The molecule has 1 N–H and O–H groups in total. The highest BCUT2D eigenvalue weighted by atomic mass is 16.4. The fraction of sp³-hybridized carbons (Fsp3) is 0.429. The van der Waals surface area contributed by atoms with E-state index >= 15 is 0 Å². The van der Waals surface area contributed by atoms with Crippen molar-refractivity contribution in [3.63, 3.8) is 0 Å². The van der Waals surface area contributed by atoms with Gasteiger partial charge in [-0.2, -0.15) is 5.10 Å². The fourth-order valence-electron chi connectivity index (χ4n) is 2.32. The summed E-state index contributed by atoms with van der Waals surface area (Å²) >= 11 is 0. The van der Waals surface area contributed by atoms with Crippen LogP contribution in [0.4, 0.5) is 0 Å². The number of hydrogen-bond acceptors (Lipinski definition) is 4. The number of hydrogen-bond donors (Lipinski definition) is 1. The van der Waals surface area contributed by atoms with Gasteiger partial charge in [0, 0.05) is 11.8 Å². The predicted molar refractivity (Wildman–Crippen MR) is 74.3 cm³/mol. The Balaban J connectivity index is 2.70. The van der Waals surface area contributed by atoms with Crippen LogP contribution in [0.1, 0.15) is 47.1 Å². The van der Waals surface area contributed by atoms with Gasteiger partial charge in [0.25, 0.3) is 0 Å². The summed E-state index contributed by atoms with van der Waals surface area (Å²) in [4.78, 5) is 20.0. The summed E-state index contributed by atoms with van der Waals surface area (Å²) in [5.41, 5.74) is 2.39. The van der Waals surface area contributed by atoms with Crippen LogP contribution in [0, 0.1) is 13.8 Å². The van der Waals surface area contributed by atoms with E-state index in [1.54, 1.807) is 4.68 Å². The van der Waals surface area contributed by atoms with Crippen LogP contribution in [-0.4, -0.2) is 30.8 Å². The number of aromatic nitrogens is 4. The summed E-state index contributed by atoms with van der Waals surface area (Å²) in [6.07, 6.45) is 1.15. The Kier molecular flexibility index (Phi) is 3.83. The topological polar surface area (TPSA) is 80.9 Å². The highest BCUT2D eigenvalue weighted by molar-refractivity contribution is 5.90. The number of rotatable bonds is 4. The second-order valence-electron chi connectivity index (χ2n) is 4.61. The summed E-state index contributed by atoms with van der Waals surface area (Å²) in [5.74, 6) is 0.328. The van der Waals surface area contributed by atoms with Gasteiger partial charge in [-0.15, -0.1) is 0 Å². The summed E-state index contributed by atoms with van der Waals surface area (Å²) in [6.45, 7) is 7.51. The van der Waals surface area contributed by atoms with Crippen molar-refractivity contribution >= 4 is 5.97 Å². The molecule has 6 nitrogen and oxygen atoms in total. The summed E-state index contributed by atoms with van der Waals surface area (Å²) in [7, 11) is 0. The summed E-state index contributed by atoms with van der Waals surface area (Å²) < 4.78 is 1.63. The Bertz CT molecular complexity index is 641. The SMILES string of the molecule is CCc1nn(-c2cc(C)nc(C)n2)c(CC)c1C(=O)O. The van der Waals surface area contributed by atoms with Crippen LogP contribution in [0.15, 0.2) is 6.07 Å². The van der Waals surface area contributed by atoms with Crippen LogP contribution in [0.2, 0.25) is 0 Å². The fourth-order valence-corrected chi connectivity index (χ4v) is 2.32.